The molecule has 2 aromatic rings. The van der Waals surface area contributed by atoms with Crippen LogP contribution >= 0.6 is 0 Å². The molecule has 0 unspecified atom stereocenters. The van der Waals surface area contributed by atoms with E-state index >= 15 is 0 Å². The van der Waals surface area contributed by atoms with Crippen LogP contribution in [0.5, 0.6) is 5.75 Å². The van der Waals surface area contributed by atoms with E-state index in [4.69, 9.17) is 0 Å². The Morgan fingerprint density at radius 2 is 1.80 bits per heavy atom. The van der Waals surface area contributed by atoms with Gasteiger partial charge >= 0.3 is 0 Å². The number of aromatic hydroxyl groups is 1. The highest BCUT2D eigenvalue weighted by Gasteiger charge is 2.21. The number of carbonyl (C=O) groups is 2. The van der Waals surface area contributed by atoms with Crippen LogP contribution in [0.4, 0.5) is 5.69 Å². The molecule has 0 atom stereocenters. The van der Waals surface area contributed by atoms with E-state index in [1.54, 1.807) is 50.5 Å². The molecule has 0 bridgehead atoms. The molecular formula is C24H31N3O3. The molecule has 2 amide bonds. The molecule has 3 rings (SSSR count). The van der Waals surface area contributed by atoms with Crippen LogP contribution in [-0.2, 0) is 11.2 Å². The maximum absolute atomic E-state index is 12.4. The van der Waals surface area contributed by atoms with Crippen molar-refractivity contribution in [1.29, 1.82) is 0 Å². The average Bonchev–Trinajstić information content (AvgIpc) is 2.74. The van der Waals surface area contributed by atoms with Gasteiger partial charge in [-0.15, -0.1) is 0 Å². The highest BCUT2D eigenvalue weighted by atomic mass is 16.3. The average molecular weight is 410 g/mol. The van der Waals surface area contributed by atoms with Crippen molar-refractivity contribution in [3.05, 3.63) is 59.7 Å². The normalized spacial score (nSPS) is 15.0. The lowest BCUT2D eigenvalue weighted by molar-refractivity contribution is -0.117. The third-order valence-electron chi connectivity index (χ3n) is 5.65. The maximum atomic E-state index is 12.4. The summed E-state index contributed by atoms with van der Waals surface area (Å²) in [7, 11) is 3.42. The Labute approximate surface area is 178 Å². The number of amides is 2. The summed E-state index contributed by atoms with van der Waals surface area (Å²) in [5.74, 6) is 0.848. The first kappa shape index (κ1) is 21.8. The number of likely N-dealkylation sites (tertiary alicyclic amines) is 1. The Morgan fingerprint density at radius 3 is 2.47 bits per heavy atom. The third-order valence-corrected chi connectivity index (χ3v) is 5.65. The minimum Gasteiger partial charge on any atom is -0.508 e. The van der Waals surface area contributed by atoms with Crippen molar-refractivity contribution in [3.8, 4) is 5.75 Å². The molecule has 1 aliphatic heterocycles. The van der Waals surface area contributed by atoms with Crippen molar-refractivity contribution in [2.45, 2.75) is 25.7 Å². The van der Waals surface area contributed by atoms with Crippen LogP contribution in [-0.4, -0.2) is 60.5 Å². The predicted octanol–water partition coefficient (Wildman–Crippen LogP) is 3.38. The van der Waals surface area contributed by atoms with Gasteiger partial charge in [0.25, 0.3) is 5.91 Å². The van der Waals surface area contributed by atoms with Crippen LogP contribution in [0.2, 0.25) is 0 Å². The van der Waals surface area contributed by atoms with Gasteiger partial charge in [0, 0.05) is 25.3 Å². The van der Waals surface area contributed by atoms with Crippen molar-refractivity contribution in [2.24, 2.45) is 5.92 Å². The molecule has 1 heterocycles. The number of hydrogen-bond donors (Lipinski definition) is 2. The van der Waals surface area contributed by atoms with Crippen LogP contribution in [0.15, 0.2) is 48.5 Å². The van der Waals surface area contributed by atoms with Crippen LogP contribution in [0, 0.1) is 5.92 Å². The SMILES string of the molecule is CN(C)C(=O)c1cccc(NC(=O)CN2CCC(CCc3ccc(O)cc3)CC2)c1. The van der Waals surface area contributed by atoms with Crippen molar-refractivity contribution >= 4 is 17.5 Å². The summed E-state index contributed by atoms with van der Waals surface area (Å²) >= 11 is 0. The number of hydrogen-bond acceptors (Lipinski definition) is 4. The van der Waals surface area contributed by atoms with Gasteiger partial charge in [-0.25, -0.2) is 0 Å². The second kappa shape index (κ2) is 10.3. The van der Waals surface area contributed by atoms with E-state index in [-0.39, 0.29) is 11.8 Å². The molecule has 1 aliphatic rings. The summed E-state index contributed by atoms with van der Waals surface area (Å²) in [4.78, 5) is 28.2. The van der Waals surface area contributed by atoms with Crippen molar-refractivity contribution < 1.29 is 14.7 Å². The molecule has 6 heteroatoms. The van der Waals surface area contributed by atoms with E-state index in [2.05, 4.69) is 10.2 Å². The van der Waals surface area contributed by atoms with E-state index in [0.29, 0.717) is 29.5 Å². The second-order valence-electron chi connectivity index (χ2n) is 8.25. The summed E-state index contributed by atoms with van der Waals surface area (Å²) < 4.78 is 0. The number of phenolic OH excluding ortho intramolecular Hbond substituents is 1. The summed E-state index contributed by atoms with van der Waals surface area (Å²) in [5, 5.41) is 12.3. The summed E-state index contributed by atoms with van der Waals surface area (Å²) in [5.41, 5.74) is 2.47. The number of phenols is 1. The van der Waals surface area contributed by atoms with E-state index in [1.807, 2.05) is 12.1 Å². The van der Waals surface area contributed by atoms with E-state index < -0.39 is 0 Å². The van der Waals surface area contributed by atoms with Crippen LogP contribution in [0.25, 0.3) is 0 Å². The number of piperidine rings is 1. The lowest BCUT2D eigenvalue weighted by atomic mass is 9.90. The quantitative estimate of drug-likeness (QED) is 0.735. The van der Waals surface area contributed by atoms with Gasteiger partial charge < -0.3 is 15.3 Å². The summed E-state index contributed by atoms with van der Waals surface area (Å²) in [6.45, 7) is 2.22. The molecule has 0 aliphatic carbocycles. The zero-order chi connectivity index (χ0) is 21.5. The summed E-state index contributed by atoms with van der Waals surface area (Å²) in [6.07, 6.45) is 4.35. The summed E-state index contributed by atoms with van der Waals surface area (Å²) in [6, 6.07) is 14.5. The van der Waals surface area contributed by atoms with Gasteiger partial charge in [0.2, 0.25) is 5.91 Å². The lowest BCUT2D eigenvalue weighted by Crippen LogP contribution is -2.39. The van der Waals surface area contributed by atoms with E-state index in [0.717, 1.165) is 38.8 Å². The Kier molecular flexibility index (Phi) is 7.46. The first-order valence-corrected chi connectivity index (χ1v) is 10.5. The zero-order valence-corrected chi connectivity index (χ0v) is 17.8. The first-order chi connectivity index (χ1) is 14.4. The van der Waals surface area contributed by atoms with Crippen LogP contribution in [0.3, 0.4) is 0 Å². The van der Waals surface area contributed by atoms with Gasteiger partial charge in [-0.05, 0) is 80.6 Å². The number of nitrogens with one attached hydrogen (secondary N) is 1. The van der Waals surface area contributed by atoms with Gasteiger partial charge in [-0.1, -0.05) is 18.2 Å². The van der Waals surface area contributed by atoms with Gasteiger partial charge in [0.05, 0.1) is 6.54 Å². The van der Waals surface area contributed by atoms with Crippen molar-refractivity contribution in [2.75, 3.05) is 39.0 Å². The maximum Gasteiger partial charge on any atom is 0.253 e. The largest absolute Gasteiger partial charge is 0.508 e. The fourth-order valence-corrected chi connectivity index (χ4v) is 3.86. The van der Waals surface area contributed by atoms with Gasteiger partial charge in [-0.3, -0.25) is 14.5 Å². The molecule has 6 nitrogen and oxygen atoms in total. The molecule has 30 heavy (non-hydrogen) atoms. The standard InChI is InChI=1S/C24H31N3O3/c1-26(2)24(30)20-4-3-5-21(16-20)25-23(29)17-27-14-12-19(13-15-27)7-6-18-8-10-22(28)11-9-18/h3-5,8-11,16,19,28H,6-7,12-15,17H2,1-2H3,(H,25,29). The molecular weight excluding hydrogens is 378 g/mol. The fourth-order valence-electron chi connectivity index (χ4n) is 3.86. The smallest absolute Gasteiger partial charge is 0.253 e. The van der Waals surface area contributed by atoms with Crippen LogP contribution < -0.4 is 5.32 Å². The Morgan fingerprint density at radius 1 is 1.10 bits per heavy atom. The number of rotatable bonds is 7. The van der Waals surface area contributed by atoms with Gasteiger partial charge in [-0.2, -0.15) is 0 Å². The molecule has 0 radical (unpaired) electrons. The molecule has 2 N–H and O–H groups in total. The fraction of sp³-hybridized carbons (Fsp3) is 0.417. The molecule has 1 fully saturated rings. The van der Waals surface area contributed by atoms with Crippen molar-refractivity contribution in [1.82, 2.24) is 9.80 Å². The minimum absolute atomic E-state index is 0.0491. The zero-order valence-electron chi connectivity index (χ0n) is 17.8. The Hall–Kier alpha value is -2.86. The first-order valence-electron chi connectivity index (χ1n) is 10.5. The molecule has 1 saturated heterocycles. The molecule has 0 aromatic heterocycles. The number of benzene rings is 2. The van der Waals surface area contributed by atoms with E-state index in [9.17, 15) is 14.7 Å². The Balaban J connectivity index is 1.41. The molecule has 2 aromatic carbocycles. The monoisotopic (exact) mass is 409 g/mol. The topological polar surface area (TPSA) is 72.9 Å². The highest BCUT2D eigenvalue weighted by Crippen LogP contribution is 2.23. The minimum atomic E-state index is -0.0829. The number of nitrogens with zero attached hydrogens (tertiary/aromatic N) is 2. The molecule has 0 saturated carbocycles. The number of anilines is 1. The predicted molar refractivity (Wildman–Crippen MR) is 119 cm³/mol. The Bertz CT molecular complexity index is 856. The number of carbonyl (C=O) groups excluding carboxylic acids is 2. The van der Waals surface area contributed by atoms with Gasteiger partial charge in [0.1, 0.15) is 5.75 Å². The molecule has 160 valence electrons. The van der Waals surface area contributed by atoms with Crippen molar-refractivity contribution in [3.63, 3.8) is 0 Å². The van der Waals surface area contributed by atoms with Gasteiger partial charge in [0.15, 0.2) is 0 Å². The lowest BCUT2D eigenvalue weighted by Gasteiger charge is -2.31. The highest BCUT2D eigenvalue weighted by molar-refractivity contribution is 5.97. The third kappa shape index (κ3) is 6.32. The van der Waals surface area contributed by atoms with E-state index in [1.165, 1.54) is 10.5 Å². The number of aryl methyl sites for hydroxylation is 1. The second-order valence-corrected chi connectivity index (χ2v) is 8.25. The van der Waals surface area contributed by atoms with Crippen LogP contribution in [0.1, 0.15) is 35.2 Å². The molecule has 0 spiro atoms.